The predicted octanol–water partition coefficient (Wildman–Crippen LogP) is 3.36. The number of hydrogen-bond acceptors (Lipinski definition) is 3. The molecule has 3 rings (SSSR count). The molecule has 0 aliphatic carbocycles. The molecule has 0 radical (unpaired) electrons. The van der Waals surface area contributed by atoms with Crippen molar-refractivity contribution >= 4 is 5.78 Å². The fraction of sp³-hybridized carbons (Fsp3) is 0.350. The van der Waals surface area contributed by atoms with Crippen LogP contribution in [0, 0.1) is 11.6 Å². The second-order valence-corrected chi connectivity index (χ2v) is 6.43. The molecule has 132 valence electrons. The Bertz CT molecular complexity index is 710. The highest BCUT2D eigenvalue weighted by molar-refractivity contribution is 5.96. The number of hydrogen-bond donors (Lipinski definition) is 0. The molecule has 0 amide bonds. The van der Waals surface area contributed by atoms with Crippen molar-refractivity contribution in [3.8, 4) is 0 Å². The van der Waals surface area contributed by atoms with Crippen molar-refractivity contribution in [2.24, 2.45) is 0 Å². The molecular weight excluding hydrogens is 322 g/mol. The van der Waals surface area contributed by atoms with E-state index in [0.717, 1.165) is 38.3 Å². The Labute approximate surface area is 146 Å². The molecule has 2 aromatic carbocycles. The van der Waals surface area contributed by atoms with Crippen molar-refractivity contribution < 1.29 is 13.6 Å². The lowest BCUT2D eigenvalue weighted by Gasteiger charge is -2.34. The maximum atomic E-state index is 13.2. The molecular formula is C20H22F2N2O. The normalized spacial score (nSPS) is 16.1. The van der Waals surface area contributed by atoms with Crippen LogP contribution in [0.4, 0.5) is 8.78 Å². The molecule has 0 N–H and O–H groups in total. The predicted molar refractivity (Wildman–Crippen MR) is 93.5 cm³/mol. The van der Waals surface area contributed by atoms with Crippen molar-refractivity contribution in [1.29, 1.82) is 0 Å². The minimum Gasteiger partial charge on any atom is -0.300 e. The summed E-state index contributed by atoms with van der Waals surface area (Å²) in [6.45, 7) is 5.16. The highest BCUT2D eigenvalue weighted by Crippen LogP contribution is 2.11. The zero-order chi connectivity index (χ0) is 17.6. The van der Waals surface area contributed by atoms with Gasteiger partial charge in [-0.1, -0.05) is 24.3 Å². The van der Waals surface area contributed by atoms with Gasteiger partial charge in [-0.05, 0) is 29.8 Å². The van der Waals surface area contributed by atoms with E-state index in [-0.39, 0.29) is 17.4 Å². The first-order valence-electron chi connectivity index (χ1n) is 8.58. The van der Waals surface area contributed by atoms with E-state index >= 15 is 0 Å². The third-order valence-corrected chi connectivity index (χ3v) is 4.59. The van der Waals surface area contributed by atoms with E-state index in [1.807, 2.05) is 12.1 Å². The molecule has 1 fully saturated rings. The summed E-state index contributed by atoms with van der Waals surface area (Å²) in [7, 11) is 0. The van der Waals surface area contributed by atoms with Crippen LogP contribution in [0.25, 0.3) is 0 Å². The number of carbonyl (C=O) groups excluding carboxylic acids is 1. The Morgan fingerprint density at radius 3 is 2.24 bits per heavy atom. The molecule has 0 spiro atoms. The summed E-state index contributed by atoms with van der Waals surface area (Å²) in [5.41, 5.74) is 1.55. The van der Waals surface area contributed by atoms with Crippen LogP contribution in [0.15, 0.2) is 48.5 Å². The lowest BCUT2D eigenvalue weighted by Crippen LogP contribution is -2.46. The molecule has 1 heterocycles. The standard InChI is InChI=1S/C20H22F2N2O/c21-18-6-4-16(5-7-18)15-24-12-10-23(11-13-24)9-8-20(25)17-2-1-3-19(22)14-17/h1-7,14H,8-13,15H2. The number of benzene rings is 2. The SMILES string of the molecule is O=C(CCN1CCN(Cc2ccc(F)cc2)CC1)c1cccc(F)c1. The van der Waals surface area contributed by atoms with Gasteiger partial charge in [0.15, 0.2) is 5.78 Å². The van der Waals surface area contributed by atoms with Gasteiger partial charge in [0.05, 0.1) is 0 Å². The van der Waals surface area contributed by atoms with Gasteiger partial charge in [0, 0.05) is 51.3 Å². The van der Waals surface area contributed by atoms with Crippen LogP contribution in [-0.2, 0) is 6.54 Å². The zero-order valence-corrected chi connectivity index (χ0v) is 14.1. The summed E-state index contributed by atoms with van der Waals surface area (Å²) in [6.07, 6.45) is 0.404. The topological polar surface area (TPSA) is 23.6 Å². The van der Waals surface area contributed by atoms with Crippen LogP contribution in [0.2, 0.25) is 0 Å². The smallest absolute Gasteiger partial charge is 0.164 e. The van der Waals surface area contributed by atoms with Crippen LogP contribution >= 0.6 is 0 Å². The Morgan fingerprint density at radius 1 is 0.880 bits per heavy atom. The molecule has 5 heteroatoms. The molecule has 1 aliphatic heterocycles. The van der Waals surface area contributed by atoms with Crippen molar-refractivity contribution in [1.82, 2.24) is 9.80 Å². The average molecular weight is 344 g/mol. The monoisotopic (exact) mass is 344 g/mol. The van der Waals surface area contributed by atoms with Crippen LogP contribution in [0.5, 0.6) is 0 Å². The van der Waals surface area contributed by atoms with Gasteiger partial charge in [-0.25, -0.2) is 8.78 Å². The van der Waals surface area contributed by atoms with Crippen LogP contribution in [-0.4, -0.2) is 48.3 Å². The van der Waals surface area contributed by atoms with Gasteiger partial charge < -0.3 is 4.90 Å². The second kappa shape index (κ2) is 8.32. The second-order valence-electron chi connectivity index (χ2n) is 6.43. The number of carbonyl (C=O) groups is 1. The molecule has 0 unspecified atom stereocenters. The Morgan fingerprint density at radius 2 is 1.56 bits per heavy atom. The summed E-state index contributed by atoms with van der Waals surface area (Å²) < 4.78 is 26.1. The van der Waals surface area contributed by atoms with E-state index in [1.54, 1.807) is 12.1 Å². The molecule has 1 saturated heterocycles. The van der Waals surface area contributed by atoms with Gasteiger partial charge in [-0.15, -0.1) is 0 Å². The maximum Gasteiger partial charge on any atom is 0.164 e. The maximum absolute atomic E-state index is 13.2. The molecule has 3 nitrogen and oxygen atoms in total. The van der Waals surface area contributed by atoms with Crippen molar-refractivity contribution in [2.45, 2.75) is 13.0 Å². The molecule has 1 aliphatic rings. The summed E-state index contributed by atoms with van der Waals surface area (Å²) in [6, 6.07) is 12.5. The highest BCUT2D eigenvalue weighted by atomic mass is 19.1. The Kier molecular flexibility index (Phi) is 5.89. The third kappa shape index (κ3) is 5.18. The lowest BCUT2D eigenvalue weighted by atomic mass is 10.1. The molecule has 0 aromatic heterocycles. The van der Waals surface area contributed by atoms with E-state index in [2.05, 4.69) is 9.80 Å². The minimum absolute atomic E-state index is 0.0201. The Balaban J connectivity index is 1.42. The number of nitrogens with zero attached hydrogens (tertiary/aromatic N) is 2. The third-order valence-electron chi connectivity index (χ3n) is 4.59. The molecule has 0 atom stereocenters. The quantitative estimate of drug-likeness (QED) is 0.751. The number of rotatable bonds is 6. The van der Waals surface area contributed by atoms with Gasteiger partial charge in [0.1, 0.15) is 11.6 Å². The van der Waals surface area contributed by atoms with E-state index in [9.17, 15) is 13.6 Å². The van der Waals surface area contributed by atoms with Crippen molar-refractivity contribution in [3.05, 3.63) is 71.3 Å². The number of Topliss-reactive ketones (excluding diaryl/α,β-unsaturated/α-hetero) is 1. The van der Waals surface area contributed by atoms with E-state index in [1.165, 1.54) is 24.3 Å². The molecule has 0 saturated carbocycles. The molecule has 25 heavy (non-hydrogen) atoms. The van der Waals surface area contributed by atoms with Gasteiger partial charge in [-0.3, -0.25) is 9.69 Å². The number of halogens is 2. The zero-order valence-electron chi connectivity index (χ0n) is 14.1. The minimum atomic E-state index is -0.375. The van der Waals surface area contributed by atoms with Crippen LogP contribution in [0.3, 0.4) is 0 Å². The average Bonchev–Trinajstić information content (AvgIpc) is 2.63. The summed E-state index contributed by atoms with van der Waals surface area (Å²) >= 11 is 0. The van der Waals surface area contributed by atoms with Gasteiger partial charge in [0.25, 0.3) is 0 Å². The van der Waals surface area contributed by atoms with Crippen molar-refractivity contribution in [2.75, 3.05) is 32.7 Å². The highest BCUT2D eigenvalue weighted by Gasteiger charge is 2.18. The first-order valence-corrected chi connectivity index (χ1v) is 8.58. The first-order chi connectivity index (χ1) is 12.1. The fourth-order valence-corrected chi connectivity index (χ4v) is 3.08. The van der Waals surface area contributed by atoms with Gasteiger partial charge >= 0.3 is 0 Å². The van der Waals surface area contributed by atoms with Crippen LogP contribution in [0.1, 0.15) is 22.3 Å². The largest absolute Gasteiger partial charge is 0.300 e. The fourth-order valence-electron chi connectivity index (χ4n) is 3.08. The number of ketones is 1. The summed E-state index contributed by atoms with van der Waals surface area (Å²) in [5, 5.41) is 0. The van der Waals surface area contributed by atoms with E-state index < -0.39 is 0 Å². The summed E-state index contributed by atoms with van der Waals surface area (Å²) in [5.74, 6) is -0.606. The van der Waals surface area contributed by atoms with Crippen LogP contribution < -0.4 is 0 Å². The van der Waals surface area contributed by atoms with Crippen molar-refractivity contribution in [3.63, 3.8) is 0 Å². The molecule has 2 aromatic rings. The van der Waals surface area contributed by atoms with E-state index in [0.29, 0.717) is 18.5 Å². The van der Waals surface area contributed by atoms with Gasteiger partial charge in [-0.2, -0.15) is 0 Å². The van der Waals surface area contributed by atoms with E-state index in [4.69, 9.17) is 0 Å². The van der Waals surface area contributed by atoms with Gasteiger partial charge in [0.2, 0.25) is 0 Å². The first kappa shape index (κ1) is 17.7. The summed E-state index contributed by atoms with van der Waals surface area (Å²) in [4.78, 5) is 16.7. The lowest BCUT2D eigenvalue weighted by molar-refractivity contribution is 0.0922. The Hall–Kier alpha value is -2.11. The molecule has 0 bridgehead atoms. The number of piperazine rings is 1.